The summed E-state index contributed by atoms with van der Waals surface area (Å²) in [6.45, 7) is 1.72. The van der Waals surface area contributed by atoms with Crippen LogP contribution in [0.15, 0.2) is 41.0 Å². The fourth-order valence-electron chi connectivity index (χ4n) is 1.52. The summed E-state index contributed by atoms with van der Waals surface area (Å²) in [6.07, 6.45) is 1.55. The van der Waals surface area contributed by atoms with Crippen molar-refractivity contribution in [2.75, 3.05) is 0 Å². The molecular weight excluding hydrogens is 194 g/mol. The molecule has 1 aromatic carbocycles. The van der Waals surface area contributed by atoms with E-state index in [2.05, 4.69) is 0 Å². The summed E-state index contributed by atoms with van der Waals surface area (Å²) in [6, 6.07) is 8.49. The van der Waals surface area contributed by atoms with Gasteiger partial charge in [0.05, 0.1) is 11.2 Å². The van der Waals surface area contributed by atoms with Gasteiger partial charge in [0.15, 0.2) is 0 Å². The normalized spacial score (nSPS) is 10.2. The molecule has 0 amide bonds. The van der Waals surface area contributed by atoms with Crippen LogP contribution < -0.4 is 0 Å². The van der Waals surface area contributed by atoms with Crippen LogP contribution in [0.2, 0.25) is 0 Å². The van der Waals surface area contributed by atoms with Crippen molar-refractivity contribution in [1.29, 1.82) is 0 Å². The van der Waals surface area contributed by atoms with Crippen LogP contribution in [0.1, 0.15) is 5.56 Å². The number of furan rings is 1. The summed E-state index contributed by atoms with van der Waals surface area (Å²) < 4.78 is 5.21. The number of nitrogens with zero attached hydrogens (tertiary/aromatic N) is 1. The van der Waals surface area contributed by atoms with Crippen LogP contribution in [0.3, 0.4) is 0 Å². The van der Waals surface area contributed by atoms with Crippen molar-refractivity contribution >= 4 is 5.69 Å². The average Bonchev–Trinajstić information content (AvgIpc) is 2.70. The summed E-state index contributed by atoms with van der Waals surface area (Å²) in [4.78, 5) is 10.3. The molecule has 15 heavy (non-hydrogen) atoms. The van der Waals surface area contributed by atoms with E-state index in [1.807, 2.05) is 0 Å². The van der Waals surface area contributed by atoms with Gasteiger partial charge in [0, 0.05) is 17.2 Å². The minimum absolute atomic E-state index is 0.115. The topological polar surface area (TPSA) is 56.3 Å². The molecule has 0 N–H and O–H groups in total. The second-order valence-electron chi connectivity index (χ2n) is 3.18. The van der Waals surface area contributed by atoms with Gasteiger partial charge >= 0.3 is 0 Å². The van der Waals surface area contributed by atoms with Crippen LogP contribution in [-0.2, 0) is 0 Å². The van der Waals surface area contributed by atoms with E-state index in [0.29, 0.717) is 11.3 Å². The molecule has 0 aliphatic rings. The third-order valence-electron chi connectivity index (χ3n) is 2.29. The molecule has 0 unspecified atom stereocenters. The average molecular weight is 203 g/mol. The van der Waals surface area contributed by atoms with Gasteiger partial charge in [0.25, 0.3) is 5.69 Å². The molecule has 4 heteroatoms. The molecule has 1 heterocycles. The van der Waals surface area contributed by atoms with Crippen molar-refractivity contribution in [3.8, 4) is 11.3 Å². The smallest absolute Gasteiger partial charge is 0.273 e. The monoisotopic (exact) mass is 203 g/mol. The maximum absolute atomic E-state index is 10.7. The van der Waals surface area contributed by atoms with E-state index in [9.17, 15) is 10.1 Å². The van der Waals surface area contributed by atoms with Crippen LogP contribution in [0.4, 0.5) is 5.69 Å². The molecular formula is C11H9NO3. The number of rotatable bonds is 2. The Morgan fingerprint density at radius 2 is 2.07 bits per heavy atom. The highest BCUT2D eigenvalue weighted by Crippen LogP contribution is 2.29. The van der Waals surface area contributed by atoms with Crippen molar-refractivity contribution < 1.29 is 9.34 Å². The van der Waals surface area contributed by atoms with Crippen molar-refractivity contribution in [3.63, 3.8) is 0 Å². The molecule has 76 valence electrons. The Hall–Kier alpha value is -2.10. The molecule has 2 rings (SSSR count). The molecule has 0 aliphatic carbocycles. The lowest BCUT2D eigenvalue weighted by Gasteiger charge is -2.02. The Labute approximate surface area is 86.3 Å². The zero-order chi connectivity index (χ0) is 10.8. The quantitative estimate of drug-likeness (QED) is 0.556. The van der Waals surface area contributed by atoms with Gasteiger partial charge in [-0.1, -0.05) is 12.1 Å². The predicted octanol–water partition coefficient (Wildman–Crippen LogP) is 3.16. The second kappa shape index (κ2) is 3.57. The Bertz CT molecular complexity index is 489. The van der Waals surface area contributed by atoms with E-state index in [1.165, 1.54) is 6.07 Å². The minimum Gasteiger partial charge on any atom is -0.464 e. The van der Waals surface area contributed by atoms with Crippen molar-refractivity contribution in [1.82, 2.24) is 0 Å². The van der Waals surface area contributed by atoms with Gasteiger partial charge < -0.3 is 4.42 Å². The summed E-state index contributed by atoms with van der Waals surface area (Å²) in [5.74, 6) is 0.649. The van der Waals surface area contributed by atoms with Crippen LogP contribution >= 0.6 is 0 Å². The lowest BCUT2D eigenvalue weighted by atomic mass is 10.1. The first kappa shape index (κ1) is 9.45. The van der Waals surface area contributed by atoms with Gasteiger partial charge in [0.2, 0.25) is 0 Å². The van der Waals surface area contributed by atoms with E-state index in [1.54, 1.807) is 37.5 Å². The highest BCUT2D eigenvalue weighted by atomic mass is 16.6. The van der Waals surface area contributed by atoms with E-state index < -0.39 is 0 Å². The van der Waals surface area contributed by atoms with Crippen molar-refractivity contribution in [2.24, 2.45) is 0 Å². The molecule has 0 radical (unpaired) electrons. The highest BCUT2D eigenvalue weighted by molar-refractivity contribution is 5.66. The standard InChI is InChI=1S/C11H9NO3/c1-8-9(11-6-3-7-15-11)4-2-5-10(8)12(13)14/h2-7H,1H3. The Kier molecular flexibility index (Phi) is 2.25. The molecule has 0 saturated carbocycles. The van der Waals surface area contributed by atoms with E-state index >= 15 is 0 Å². The van der Waals surface area contributed by atoms with Gasteiger partial charge in [-0.05, 0) is 19.1 Å². The van der Waals surface area contributed by atoms with E-state index in [0.717, 1.165) is 5.56 Å². The number of nitro benzene ring substituents is 1. The van der Waals surface area contributed by atoms with Crippen molar-refractivity contribution in [2.45, 2.75) is 6.92 Å². The summed E-state index contributed by atoms with van der Waals surface area (Å²) in [5.41, 5.74) is 1.50. The fourth-order valence-corrected chi connectivity index (χ4v) is 1.52. The fraction of sp³-hybridized carbons (Fsp3) is 0.0909. The minimum atomic E-state index is -0.387. The number of hydrogen-bond acceptors (Lipinski definition) is 3. The zero-order valence-corrected chi connectivity index (χ0v) is 8.14. The van der Waals surface area contributed by atoms with Gasteiger partial charge in [-0.2, -0.15) is 0 Å². The Morgan fingerprint density at radius 1 is 1.27 bits per heavy atom. The Morgan fingerprint density at radius 3 is 2.67 bits per heavy atom. The number of nitro groups is 1. The third kappa shape index (κ3) is 1.61. The lowest BCUT2D eigenvalue weighted by Crippen LogP contribution is -1.92. The first-order chi connectivity index (χ1) is 7.20. The number of hydrogen-bond donors (Lipinski definition) is 0. The molecule has 0 bridgehead atoms. The first-order valence-corrected chi connectivity index (χ1v) is 4.48. The molecule has 4 nitrogen and oxygen atoms in total. The maximum Gasteiger partial charge on any atom is 0.273 e. The molecule has 0 fully saturated rings. The molecule has 0 aliphatic heterocycles. The van der Waals surface area contributed by atoms with Crippen LogP contribution in [0.5, 0.6) is 0 Å². The summed E-state index contributed by atoms with van der Waals surface area (Å²) in [7, 11) is 0. The van der Waals surface area contributed by atoms with Gasteiger partial charge in [-0.15, -0.1) is 0 Å². The zero-order valence-electron chi connectivity index (χ0n) is 8.14. The summed E-state index contributed by atoms with van der Waals surface area (Å²) in [5, 5.41) is 10.7. The third-order valence-corrected chi connectivity index (χ3v) is 2.29. The molecule has 2 aromatic rings. The molecule has 0 saturated heterocycles. The number of benzene rings is 1. The van der Waals surface area contributed by atoms with Crippen LogP contribution in [0, 0.1) is 17.0 Å². The molecule has 1 aromatic heterocycles. The van der Waals surface area contributed by atoms with Crippen LogP contribution in [-0.4, -0.2) is 4.92 Å². The van der Waals surface area contributed by atoms with E-state index in [4.69, 9.17) is 4.42 Å². The molecule has 0 spiro atoms. The maximum atomic E-state index is 10.7. The second-order valence-corrected chi connectivity index (χ2v) is 3.18. The van der Waals surface area contributed by atoms with E-state index in [-0.39, 0.29) is 10.6 Å². The predicted molar refractivity (Wildman–Crippen MR) is 55.5 cm³/mol. The van der Waals surface area contributed by atoms with Gasteiger partial charge in [-0.3, -0.25) is 10.1 Å². The van der Waals surface area contributed by atoms with Gasteiger partial charge in [0.1, 0.15) is 5.76 Å². The Balaban J connectivity index is 2.59. The lowest BCUT2D eigenvalue weighted by molar-refractivity contribution is -0.385. The largest absolute Gasteiger partial charge is 0.464 e. The van der Waals surface area contributed by atoms with Crippen molar-refractivity contribution in [3.05, 3.63) is 52.3 Å². The molecule has 0 atom stereocenters. The van der Waals surface area contributed by atoms with Gasteiger partial charge in [-0.25, -0.2) is 0 Å². The summed E-state index contributed by atoms with van der Waals surface area (Å²) >= 11 is 0. The SMILES string of the molecule is Cc1c(-c2ccco2)cccc1[N+](=O)[O-]. The highest BCUT2D eigenvalue weighted by Gasteiger charge is 2.15. The van der Waals surface area contributed by atoms with Crippen LogP contribution in [0.25, 0.3) is 11.3 Å². The first-order valence-electron chi connectivity index (χ1n) is 4.48.